The number of methoxy groups -OCH3 is 2. The van der Waals surface area contributed by atoms with Gasteiger partial charge in [-0.2, -0.15) is 0 Å². The maximum atomic E-state index is 13.5. The van der Waals surface area contributed by atoms with Gasteiger partial charge in [0.2, 0.25) is 0 Å². The largest absolute Gasteiger partial charge is 0.497 e. The van der Waals surface area contributed by atoms with Gasteiger partial charge in [-0.25, -0.2) is 4.98 Å². The molecule has 2 aromatic carbocycles. The van der Waals surface area contributed by atoms with Gasteiger partial charge in [-0.3, -0.25) is 9.59 Å². The molecule has 0 radical (unpaired) electrons. The van der Waals surface area contributed by atoms with Crippen LogP contribution in [0.1, 0.15) is 11.1 Å². The molecule has 5 rings (SSSR count). The number of fused-ring (bicyclic) bond motifs is 2. The van der Waals surface area contributed by atoms with E-state index in [1.54, 1.807) is 54.0 Å². The predicted molar refractivity (Wildman–Crippen MR) is 169 cm³/mol. The Hall–Kier alpha value is -5.31. The zero-order valence-electron chi connectivity index (χ0n) is 23.7. The Morgan fingerprint density at radius 2 is 1.12 bits per heavy atom. The molecule has 0 aliphatic heterocycles. The van der Waals surface area contributed by atoms with Gasteiger partial charge in [-0.15, -0.1) is 13.2 Å². The highest BCUT2D eigenvalue weighted by atomic mass is 16.5. The molecule has 0 saturated carbocycles. The molecule has 2 N–H and O–H groups in total. The lowest BCUT2D eigenvalue weighted by atomic mass is 10.1. The van der Waals surface area contributed by atoms with Crippen LogP contribution in [0.3, 0.4) is 0 Å². The van der Waals surface area contributed by atoms with E-state index in [2.05, 4.69) is 23.8 Å². The zero-order chi connectivity index (χ0) is 29.6. The summed E-state index contributed by atoms with van der Waals surface area (Å²) in [6.45, 7) is 9.07. The van der Waals surface area contributed by atoms with Gasteiger partial charge < -0.3 is 29.2 Å². The van der Waals surface area contributed by atoms with E-state index in [1.807, 2.05) is 48.5 Å². The van der Waals surface area contributed by atoms with Gasteiger partial charge in [-0.1, -0.05) is 12.2 Å². The number of nitrogens with one attached hydrogen (secondary N) is 2. The molecule has 0 atom stereocenters. The lowest BCUT2D eigenvalue weighted by Gasteiger charge is -2.16. The summed E-state index contributed by atoms with van der Waals surface area (Å²) in [4.78, 5) is 32.0. The van der Waals surface area contributed by atoms with Gasteiger partial charge in [0, 0.05) is 61.1 Å². The molecule has 5 aromatic rings. The maximum Gasteiger partial charge on any atom is 0.260 e. The fourth-order valence-corrected chi connectivity index (χ4v) is 4.87. The first kappa shape index (κ1) is 28.2. The third-order valence-corrected chi connectivity index (χ3v) is 7.03. The molecular weight excluding hydrogens is 530 g/mol. The van der Waals surface area contributed by atoms with E-state index >= 15 is 0 Å². The smallest absolute Gasteiger partial charge is 0.260 e. The minimum absolute atomic E-state index is 0.232. The van der Waals surface area contributed by atoms with Crippen LogP contribution < -0.4 is 31.2 Å². The number of anilines is 2. The van der Waals surface area contributed by atoms with E-state index < -0.39 is 0 Å². The average molecular weight is 564 g/mol. The van der Waals surface area contributed by atoms with Gasteiger partial charge >= 0.3 is 0 Å². The van der Waals surface area contributed by atoms with Gasteiger partial charge in [0.25, 0.3) is 11.1 Å². The number of hydrogen-bond acceptors (Lipinski definition) is 7. The first-order chi connectivity index (χ1) is 20.4. The fourth-order valence-electron chi connectivity index (χ4n) is 4.87. The van der Waals surface area contributed by atoms with Crippen LogP contribution in [0.15, 0.2) is 102 Å². The van der Waals surface area contributed by atoms with Crippen molar-refractivity contribution in [1.82, 2.24) is 14.1 Å². The number of pyridine rings is 3. The Morgan fingerprint density at radius 3 is 1.48 bits per heavy atom. The van der Waals surface area contributed by atoms with Gasteiger partial charge in [0.15, 0.2) is 0 Å². The van der Waals surface area contributed by atoms with Gasteiger partial charge in [-0.05, 0) is 54.6 Å². The Bertz CT molecular complexity index is 1740. The molecule has 9 nitrogen and oxygen atoms in total. The number of benzene rings is 2. The molecule has 3 aromatic heterocycles. The molecule has 3 heterocycles. The molecule has 0 aliphatic rings. The minimum atomic E-state index is -0.232. The van der Waals surface area contributed by atoms with Crippen LogP contribution in [-0.2, 0) is 26.2 Å². The summed E-state index contributed by atoms with van der Waals surface area (Å²) in [6, 6.07) is 16.9. The van der Waals surface area contributed by atoms with Crippen LogP contribution in [0.4, 0.5) is 11.4 Å². The van der Waals surface area contributed by atoms with Crippen molar-refractivity contribution >= 4 is 33.2 Å². The summed E-state index contributed by atoms with van der Waals surface area (Å²) in [5.74, 6) is 1.52. The zero-order valence-corrected chi connectivity index (χ0v) is 23.7. The third-order valence-electron chi connectivity index (χ3n) is 7.03. The van der Waals surface area contributed by atoms with Crippen molar-refractivity contribution in [3.63, 3.8) is 0 Å². The van der Waals surface area contributed by atoms with Crippen molar-refractivity contribution in [2.45, 2.75) is 26.2 Å². The highest BCUT2D eigenvalue weighted by Crippen LogP contribution is 2.24. The second kappa shape index (κ2) is 12.5. The Labute approximate surface area is 243 Å². The second-order valence-electron chi connectivity index (χ2n) is 9.75. The molecule has 0 amide bonds. The molecule has 0 fully saturated rings. The summed E-state index contributed by atoms with van der Waals surface area (Å²) in [7, 11) is 3.25. The standard InChI is InChI=1S/C33H33N5O4/c1-5-15-37-20-22(18-34-24-7-11-26(41-3)12-8-24)30-28(32(37)39)17-29-31(36-30)23(21-38(16-6-2)33(29)40)19-35-25-9-13-27(42-4)14-10-25/h5-14,17,20-21,34-35H,1-2,15-16,18-19H2,3-4H3. The Kier molecular flexibility index (Phi) is 8.38. The Morgan fingerprint density at radius 1 is 0.714 bits per heavy atom. The maximum absolute atomic E-state index is 13.5. The Balaban J connectivity index is 1.64. The van der Waals surface area contributed by atoms with E-state index in [4.69, 9.17) is 14.5 Å². The van der Waals surface area contributed by atoms with Crippen LogP contribution in [0, 0.1) is 0 Å². The number of rotatable bonds is 12. The van der Waals surface area contributed by atoms with Crippen molar-refractivity contribution in [2.75, 3.05) is 24.9 Å². The van der Waals surface area contributed by atoms with Gasteiger partial charge in [0.1, 0.15) is 11.5 Å². The molecular formula is C33H33N5O4. The molecule has 0 spiro atoms. The summed E-state index contributed by atoms with van der Waals surface area (Å²) in [6.07, 6.45) is 6.94. The first-order valence-electron chi connectivity index (χ1n) is 13.5. The molecule has 0 saturated heterocycles. The van der Waals surface area contributed by atoms with Crippen LogP contribution in [0.2, 0.25) is 0 Å². The summed E-state index contributed by atoms with van der Waals surface area (Å²) in [5.41, 5.74) is 4.03. The van der Waals surface area contributed by atoms with Crippen molar-refractivity contribution in [2.24, 2.45) is 0 Å². The number of ether oxygens (including phenoxy) is 2. The monoisotopic (exact) mass is 563 g/mol. The minimum Gasteiger partial charge on any atom is -0.497 e. The van der Waals surface area contributed by atoms with E-state index in [9.17, 15) is 9.59 Å². The molecule has 0 unspecified atom stereocenters. The normalized spacial score (nSPS) is 10.9. The van der Waals surface area contributed by atoms with E-state index in [-0.39, 0.29) is 11.1 Å². The van der Waals surface area contributed by atoms with Gasteiger partial charge in [0.05, 0.1) is 36.0 Å². The van der Waals surface area contributed by atoms with Crippen molar-refractivity contribution in [1.29, 1.82) is 0 Å². The fraction of sp³-hybridized carbons (Fsp3) is 0.182. The summed E-state index contributed by atoms with van der Waals surface area (Å²) >= 11 is 0. The lowest BCUT2D eigenvalue weighted by molar-refractivity contribution is 0.415. The molecule has 0 aliphatic carbocycles. The molecule has 42 heavy (non-hydrogen) atoms. The second-order valence-corrected chi connectivity index (χ2v) is 9.75. The average Bonchev–Trinajstić information content (AvgIpc) is 3.02. The quantitative estimate of drug-likeness (QED) is 0.156. The van der Waals surface area contributed by atoms with Crippen LogP contribution in [-0.4, -0.2) is 28.3 Å². The van der Waals surface area contributed by atoms with Crippen molar-refractivity contribution in [3.8, 4) is 11.5 Å². The number of aromatic nitrogens is 3. The van der Waals surface area contributed by atoms with Crippen LogP contribution in [0.5, 0.6) is 11.5 Å². The summed E-state index contributed by atoms with van der Waals surface area (Å²) < 4.78 is 13.7. The number of nitrogens with zero attached hydrogens (tertiary/aromatic N) is 3. The lowest BCUT2D eigenvalue weighted by Crippen LogP contribution is -2.24. The molecule has 214 valence electrons. The highest BCUT2D eigenvalue weighted by Gasteiger charge is 2.17. The number of hydrogen-bond donors (Lipinski definition) is 2. The SMILES string of the molecule is C=CCn1cc(CNc2ccc(OC)cc2)c2nc3c(CNc4ccc(OC)cc4)cn(CC=C)c(=O)c3cc2c1=O. The van der Waals surface area contributed by atoms with E-state index in [1.165, 1.54) is 0 Å². The number of allylic oxidation sites excluding steroid dienone is 2. The topological polar surface area (TPSA) is 99.4 Å². The van der Waals surface area contributed by atoms with Crippen molar-refractivity contribution < 1.29 is 9.47 Å². The predicted octanol–water partition coefficient (Wildman–Crippen LogP) is 5.32. The van der Waals surface area contributed by atoms with Crippen molar-refractivity contribution in [3.05, 3.63) is 124 Å². The highest BCUT2D eigenvalue weighted by molar-refractivity contribution is 5.94. The van der Waals surface area contributed by atoms with E-state index in [0.29, 0.717) is 48.0 Å². The molecule has 0 bridgehead atoms. The molecule has 9 heteroatoms. The first-order valence-corrected chi connectivity index (χ1v) is 13.5. The van der Waals surface area contributed by atoms with E-state index in [0.717, 1.165) is 34.0 Å². The van der Waals surface area contributed by atoms with Crippen LogP contribution >= 0.6 is 0 Å². The summed E-state index contributed by atoms with van der Waals surface area (Å²) in [5, 5.41) is 7.58. The third kappa shape index (κ3) is 5.76. The van der Waals surface area contributed by atoms with Crippen LogP contribution in [0.25, 0.3) is 21.8 Å².